The number of benzene rings is 1. The molecular weight excluding hydrogens is 368 g/mol. The van der Waals surface area contributed by atoms with Crippen molar-refractivity contribution in [3.63, 3.8) is 0 Å². The van der Waals surface area contributed by atoms with Crippen LogP contribution in [0.4, 0.5) is 5.69 Å². The maximum atomic E-state index is 4.59. The summed E-state index contributed by atoms with van der Waals surface area (Å²) in [5, 5.41) is 3.49. The van der Waals surface area contributed by atoms with E-state index < -0.39 is 0 Å². The van der Waals surface area contributed by atoms with E-state index in [2.05, 4.69) is 112 Å². The van der Waals surface area contributed by atoms with Crippen LogP contribution < -0.4 is 5.32 Å². The summed E-state index contributed by atoms with van der Waals surface area (Å²) in [5.74, 6) is 1.24. The second-order valence-electron chi connectivity index (χ2n) is 8.68. The number of aryl methyl sites for hydroxylation is 1. The third kappa shape index (κ3) is 7.15. The monoisotopic (exact) mass is 404 g/mol. The van der Waals surface area contributed by atoms with Crippen molar-refractivity contribution < 1.29 is 0 Å². The van der Waals surface area contributed by atoms with Gasteiger partial charge in [0.1, 0.15) is 0 Å². The number of aromatic nitrogens is 1. The first-order valence-corrected chi connectivity index (χ1v) is 11.4. The molecule has 0 saturated heterocycles. The lowest BCUT2D eigenvalue weighted by molar-refractivity contribution is 0.679. The van der Waals surface area contributed by atoms with Crippen molar-refractivity contribution in [3.05, 3.63) is 47.8 Å². The van der Waals surface area contributed by atoms with Gasteiger partial charge in [-0.15, -0.1) is 0 Å². The molecule has 1 heterocycles. The standard InChI is InChI=1S/C23H36N2S2/c1-7-8-14-27-23(5,6)16-20-10-9-13-25(20)21-12-11-19(15-18(21)2)24-17-22(3,4)26/h9-13,15,24,26H,7-8,14,16-17H2,1-6H3. The van der Waals surface area contributed by atoms with Gasteiger partial charge in [-0.3, -0.25) is 0 Å². The van der Waals surface area contributed by atoms with Crippen LogP contribution in [0.25, 0.3) is 5.69 Å². The van der Waals surface area contributed by atoms with E-state index in [1.807, 2.05) is 0 Å². The first-order valence-electron chi connectivity index (χ1n) is 9.99. The summed E-state index contributed by atoms with van der Waals surface area (Å²) in [6.07, 6.45) is 5.82. The second kappa shape index (κ2) is 9.47. The Balaban J connectivity index is 2.14. The van der Waals surface area contributed by atoms with Gasteiger partial charge in [0.05, 0.1) is 0 Å². The zero-order valence-electron chi connectivity index (χ0n) is 17.8. The Morgan fingerprint density at radius 3 is 2.52 bits per heavy atom. The van der Waals surface area contributed by atoms with Crippen LogP contribution in [0.2, 0.25) is 0 Å². The Labute approximate surface area is 175 Å². The largest absolute Gasteiger partial charge is 0.384 e. The fourth-order valence-corrected chi connectivity index (χ4v) is 4.44. The summed E-state index contributed by atoms with van der Waals surface area (Å²) in [5.41, 5.74) is 5.08. The predicted molar refractivity (Wildman–Crippen MR) is 127 cm³/mol. The highest BCUT2D eigenvalue weighted by Crippen LogP contribution is 2.31. The molecular formula is C23H36N2S2. The van der Waals surface area contributed by atoms with Gasteiger partial charge in [0, 0.05) is 45.7 Å². The molecule has 2 aromatic rings. The van der Waals surface area contributed by atoms with Crippen LogP contribution in [-0.4, -0.2) is 26.4 Å². The van der Waals surface area contributed by atoms with E-state index in [-0.39, 0.29) is 9.49 Å². The van der Waals surface area contributed by atoms with Crippen LogP contribution in [0.15, 0.2) is 36.5 Å². The summed E-state index contributed by atoms with van der Waals surface area (Å²) < 4.78 is 2.57. The van der Waals surface area contributed by atoms with Crippen LogP contribution in [0, 0.1) is 6.92 Å². The van der Waals surface area contributed by atoms with Crippen molar-refractivity contribution >= 4 is 30.1 Å². The molecule has 0 saturated carbocycles. The molecule has 27 heavy (non-hydrogen) atoms. The van der Waals surface area contributed by atoms with Gasteiger partial charge in [-0.2, -0.15) is 24.4 Å². The molecule has 0 amide bonds. The molecule has 150 valence electrons. The summed E-state index contributed by atoms with van der Waals surface area (Å²) in [6.45, 7) is 14.3. The molecule has 0 bridgehead atoms. The number of thioether (sulfide) groups is 1. The van der Waals surface area contributed by atoms with Gasteiger partial charge in [0.2, 0.25) is 0 Å². The fraction of sp³-hybridized carbons (Fsp3) is 0.565. The minimum absolute atomic E-state index is 0.0266. The lowest BCUT2D eigenvalue weighted by atomic mass is 10.1. The number of hydrogen-bond donors (Lipinski definition) is 2. The van der Waals surface area contributed by atoms with E-state index in [1.165, 1.54) is 35.5 Å². The van der Waals surface area contributed by atoms with Gasteiger partial charge in [-0.1, -0.05) is 27.2 Å². The quantitative estimate of drug-likeness (QED) is 0.336. The Morgan fingerprint density at radius 2 is 1.89 bits per heavy atom. The van der Waals surface area contributed by atoms with Crippen molar-refractivity contribution in [2.75, 3.05) is 17.6 Å². The topological polar surface area (TPSA) is 17.0 Å². The van der Waals surface area contributed by atoms with Gasteiger partial charge in [-0.25, -0.2) is 0 Å². The van der Waals surface area contributed by atoms with Crippen molar-refractivity contribution in [2.24, 2.45) is 0 Å². The number of hydrogen-bond acceptors (Lipinski definition) is 3. The van der Waals surface area contributed by atoms with Gasteiger partial charge in [0.15, 0.2) is 0 Å². The van der Waals surface area contributed by atoms with Crippen molar-refractivity contribution in [3.8, 4) is 5.69 Å². The van der Waals surface area contributed by atoms with Crippen molar-refractivity contribution in [1.82, 2.24) is 4.57 Å². The molecule has 4 heteroatoms. The number of unbranched alkanes of at least 4 members (excludes halogenated alkanes) is 1. The molecule has 0 atom stereocenters. The zero-order chi connectivity index (χ0) is 20.1. The summed E-state index contributed by atoms with van der Waals surface area (Å²) >= 11 is 6.69. The van der Waals surface area contributed by atoms with E-state index in [9.17, 15) is 0 Å². The fourth-order valence-electron chi connectivity index (χ4n) is 3.13. The van der Waals surface area contributed by atoms with Gasteiger partial charge in [-0.05, 0) is 68.8 Å². The molecule has 2 rings (SSSR count). The van der Waals surface area contributed by atoms with Crippen LogP contribution in [-0.2, 0) is 6.42 Å². The molecule has 0 fully saturated rings. The van der Waals surface area contributed by atoms with Crippen LogP contribution in [0.3, 0.4) is 0 Å². The molecule has 0 aliphatic rings. The zero-order valence-corrected chi connectivity index (χ0v) is 19.5. The van der Waals surface area contributed by atoms with Gasteiger partial charge < -0.3 is 9.88 Å². The normalized spacial score (nSPS) is 12.4. The highest BCUT2D eigenvalue weighted by atomic mass is 32.2. The van der Waals surface area contributed by atoms with Crippen LogP contribution in [0.1, 0.15) is 58.7 Å². The Morgan fingerprint density at radius 1 is 1.15 bits per heavy atom. The summed E-state index contributed by atoms with van der Waals surface area (Å²) in [6, 6.07) is 11.1. The van der Waals surface area contributed by atoms with Crippen molar-refractivity contribution in [1.29, 1.82) is 0 Å². The number of anilines is 1. The molecule has 1 aromatic heterocycles. The first-order chi connectivity index (χ1) is 12.6. The van der Waals surface area contributed by atoms with Crippen LogP contribution >= 0.6 is 24.4 Å². The average molecular weight is 405 g/mol. The van der Waals surface area contributed by atoms with E-state index in [0.717, 1.165) is 18.7 Å². The predicted octanol–water partition coefficient (Wildman–Crippen LogP) is 6.76. The Kier molecular flexibility index (Phi) is 7.82. The SMILES string of the molecule is CCCCSC(C)(C)Cc1cccn1-c1ccc(NCC(C)(C)S)cc1C. The van der Waals surface area contributed by atoms with Crippen molar-refractivity contribution in [2.45, 2.75) is 70.3 Å². The molecule has 0 unspecified atom stereocenters. The Bertz CT molecular complexity index is 726. The minimum atomic E-state index is -0.0266. The second-order valence-corrected chi connectivity index (χ2v) is 11.7. The molecule has 0 radical (unpaired) electrons. The molecule has 0 spiro atoms. The van der Waals surface area contributed by atoms with Gasteiger partial charge in [0.25, 0.3) is 0 Å². The molecule has 1 aromatic carbocycles. The highest BCUT2D eigenvalue weighted by Gasteiger charge is 2.21. The maximum Gasteiger partial charge on any atom is 0.0482 e. The highest BCUT2D eigenvalue weighted by molar-refractivity contribution is 8.00. The average Bonchev–Trinajstić information content (AvgIpc) is 2.99. The number of rotatable bonds is 10. The third-order valence-electron chi connectivity index (χ3n) is 4.61. The van der Waals surface area contributed by atoms with Crippen LogP contribution in [0.5, 0.6) is 0 Å². The number of nitrogens with zero attached hydrogens (tertiary/aromatic N) is 1. The van der Waals surface area contributed by atoms with E-state index in [1.54, 1.807) is 0 Å². The maximum absolute atomic E-state index is 4.59. The van der Waals surface area contributed by atoms with E-state index >= 15 is 0 Å². The third-order valence-corrected chi connectivity index (χ3v) is 6.19. The minimum Gasteiger partial charge on any atom is -0.384 e. The first kappa shape index (κ1) is 22.3. The molecule has 0 aliphatic heterocycles. The van der Waals surface area contributed by atoms with E-state index in [4.69, 9.17) is 0 Å². The van der Waals surface area contributed by atoms with Gasteiger partial charge >= 0.3 is 0 Å². The van der Waals surface area contributed by atoms with E-state index in [0.29, 0.717) is 0 Å². The number of thiol groups is 1. The Hall–Kier alpha value is -1.00. The molecule has 1 N–H and O–H groups in total. The summed E-state index contributed by atoms with van der Waals surface area (Å²) in [7, 11) is 0. The smallest absolute Gasteiger partial charge is 0.0482 e. The molecule has 2 nitrogen and oxygen atoms in total. The summed E-state index contributed by atoms with van der Waals surface area (Å²) in [4.78, 5) is 0. The lowest BCUT2D eigenvalue weighted by Crippen LogP contribution is -2.23. The molecule has 0 aliphatic carbocycles. The lowest BCUT2D eigenvalue weighted by Gasteiger charge is -2.25. The number of nitrogens with one attached hydrogen (secondary N) is 1.